The van der Waals surface area contributed by atoms with Gasteiger partial charge in [0.25, 0.3) is 0 Å². The van der Waals surface area contributed by atoms with E-state index in [0.29, 0.717) is 17.9 Å². The van der Waals surface area contributed by atoms with E-state index in [1.807, 2.05) is 20.8 Å². The second-order valence-electron chi connectivity index (χ2n) is 5.29. The van der Waals surface area contributed by atoms with Crippen LogP contribution < -0.4 is 4.72 Å². The van der Waals surface area contributed by atoms with Crippen molar-refractivity contribution in [2.75, 3.05) is 0 Å². The molecule has 0 saturated heterocycles. The van der Waals surface area contributed by atoms with Crippen LogP contribution in [-0.2, 0) is 16.6 Å². The first-order valence-corrected chi connectivity index (χ1v) is 9.85. The van der Waals surface area contributed by atoms with E-state index in [-0.39, 0.29) is 14.1 Å². The van der Waals surface area contributed by atoms with E-state index in [2.05, 4.69) is 9.82 Å². The SMILES string of the molecule is CCn1nc(C)c([C@@H](C)NS(=O)(=O)c2cc(Cl)sc2C(=O)O)c1C. The summed E-state index contributed by atoms with van der Waals surface area (Å²) in [6.45, 7) is 8.00. The molecule has 2 heterocycles. The minimum atomic E-state index is -4.04. The average Bonchev–Trinajstić information content (AvgIpc) is 2.99. The maximum absolute atomic E-state index is 12.6. The molecule has 2 aromatic rings. The maximum atomic E-state index is 12.6. The fourth-order valence-corrected chi connectivity index (χ4v) is 5.56. The summed E-state index contributed by atoms with van der Waals surface area (Å²) in [6.07, 6.45) is 0. The van der Waals surface area contributed by atoms with Gasteiger partial charge in [0.05, 0.1) is 10.0 Å². The Bertz CT molecular complexity index is 886. The lowest BCUT2D eigenvalue weighted by Crippen LogP contribution is -2.28. The van der Waals surface area contributed by atoms with Gasteiger partial charge < -0.3 is 5.11 Å². The van der Waals surface area contributed by atoms with Gasteiger partial charge >= 0.3 is 5.97 Å². The highest BCUT2D eigenvalue weighted by Gasteiger charge is 2.29. The van der Waals surface area contributed by atoms with E-state index in [1.54, 1.807) is 11.6 Å². The first-order valence-electron chi connectivity index (χ1n) is 7.17. The second kappa shape index (κ2) is 6.83. The Labute approximate surface area is 149 Å². The van der Waals surface area contributed by atoms with Crippen LogP contribution in [0, 0.1) is 13.8 Å². The third-order valence-corrected chi connectivity index (χ3v) is 6.60. The number of sulfonamides is 1. The zero-order valence-corrected chi connectivity index (χ0v) is 16.0. The number of hydrogen-bond donors (Lipinski definition) is 2. The number of carboxylic acids is 1. The van der Waals surface area contributed by atoms with Crippen molar-refractivity contribution in [3.05, 3.63) is 32.2 Å². The van der Waals surface area contributed by atoms with Crippen LogP contribution in [0.3, 0.4) is 0 Å². The van der Waals surface area contributed by atoms with E-state index >= 15 is 0 Å². The summed E-state index contributed by atoms with van der Waals surface area (Å²) in [5.41, 5.74) is 2.37. The Hall–Kier alpha value is -1.42. The molecule has 0 bridgehead atoms. The number of carboxylic acid groups (broad SMARTS) is 1. The summed E-state index contributed by atoms with van der Waals surface area (Å²) < 4.78 is 29.6. The molecule has 0 aliphatic heterocycles. The Balaban J connectivity index is 2.40. The van der Waals surface area contributed by atoms with Crippen LogP contribution >= 0.6 is 22.9 Å². The molecule has 0 radical (unpaired) electrons. The molecule has 0 spiro atoms. The molecule has 24 heavy (non-hydrogen) atoms. The van der Waals surface area contributed by atoms with Crippen molar-refractivity contribution in [1.29, 1.82) is 0 Å². The molecular formula is C14H18ClN3O4S2. The Morgan fingerprint density at radius 1 is 1.50 bits per heavy atom. The summed E-state index contributed by atoms with van der Waals surface area (Å²) in [7, 11) is -4.04. The molecule has 0 amide bonds. The van der Waals surface area contributed by atoms with Crippen LogP contribution in [0.15, 0.2) is 11.0 Å². The predicted octanol–water partition coefficient (Wildman–Crippen LogP) is 2.97. The van der Waals surface area contributed by atoms with Gasteiger partial charge in [-0.1, -0.05) is 11.6 Å². The topological polar surface area (TPSA) is 101 Å². The fraction of sp³-hybridized carbons (Fsp3) is 0.429. The highest BCUT2D eigenvalue weighted by atomic mass is 35.5. The fourth-order valence-electron chi connectivity index (χ4n) is 2.69. The molecule has 0 aromatic carbocycles. The smallest absolute Gasteiger partial charge is 0.347 e. The van der Waals surface area contributed by atoms with Gasteiger partial charge in [-0.15, -0.1) is 11.3 Å². The van der Waals surface area contributed by atoms with Gasteiger partial charge in [0, 0.05) is 23.8 Å². The average molecular weight is 392 g/mol. The summed E-state index contributed by atoms with van der Waals surface area (Å²) in [4.78, 5) is 10.6. The van der Waals surface area contributed by atoms with E-state index in [0.717, 1.165) is 23.0 Å². The summed E-state index contributed by atoms with van der Waals surface area (Å²) in [5.74, 6) is -1.33. The molecular weight excluding hydrogens is 374 g/mol. The quantitative estimate of drug-likeness (QED) is 0.788. The van der Waals surface area contributed by atoms with E-state index in [1.165, 1.54) is 0 Å². The third kappa shape index (κ3) is 3.49. The number of rotatable bonds is 6. The molecule has 0 saturated carbocycles. The molecule has 132 valence electrons. The molecule has 0 aliphatic rings. The number of halogens is 1. The minimum absolute atomic E-state index is 0.103. The standard InChI is InChI=1S/C14H18ClN3O4S2/c1-5-18-9(4)12(7(2)16-18)8(3)17-24(21,22)10-6-11(15)23-13(10)14(19)20/h6,8,17H,5H2,1-4H3,(H,19,20)/t8-/m1/s1. The normalized spacial score (nSPS) is 13.2. The van der Waals surface area contributed by atoms with Crippen LogP contribution in [0.1, 0.15) is 46.5 Å². The van der Waals surface area contributed by atoms with Crippen LogP contribution in [-0.4, -0.2) is 29.3 Å². The van der Waals surface area contributed by atoms with Crippen molar-refractivity contribution in [1.82, 2.24) is 14.5 Å². The number of aromatic nitrogens is 2. The lowest BCUT2D eigenvalue weighted by atomic mass is 10.1. The van der Waals surface area contributed by atoms with Crippen LogP contribution in [0.4, 0.5) is 0 Å². The van der Waals surface area contributed by atoms with Gasteiger partial charge in [-0.25, -0.2) is 17.9 Å². The molecule has 0 aliphatic carbocycles. The number of hydrogen-bond acceptors (Lipinski definition) is 5. The largest absolute Gasteiger partial charge is 0.477 e. The van der Waals surface area contributed by atoms with Crippen LogP contribution in [0.2, 0.25) is 4.34 Å². The first kappa shape index (κ1) is 18.9. The molecule has 2 rings (SSSR count). The minimum Gasteiger partial charge on any atom is -0.477 e. The second-order valence-corrected chi connectivity index (χ2v) is 8.66. The maximum Gasteiger partial charge on any atom is 0.347 e. The number of thiophene rings is 1. The van der Waals surface area contributed by atoms with Crippen LogP contribution in [0.25, 0.3) is 0 Å². The number of aromatic carboxylic acids is 1. The zero-order chi connectivity index (χ0) is 18.2. The molecule has 1 atom stereocenters. The highest BCUT2D eigenvalue weighted by molar-refractivity contribution is 7.89. The molecule has 7 nitrogen and oxygen atoms in total. The third-order valence-electron chi connectivity index (χ3n) is 3.65. The van der Waals surface area contributed by atoms with Crippen molar-refractivity contribution in [2.45, 2.75) is 45.2 Å². The zero-order valence-electron chi connectivity index (χ0n) is 13.6. The van der Waals surface area contributed by atoms with Gasteiger partial charge in [0.1, 0.15) is 9.77 Å². The monoisotopic (exact) mass is 391 g/mol. The first-order chi connectivity index (χ1) is 11.1. The lowest BCUT2D eigenvalue weighted by molar-refractivity contribution is 0.0698. The molecule has 0 unspecified atom stereocenters. The molecule has 10 heteroatoms. The Morgan fingerprint density at radius 3 is 2.62 bits per heavy atom. The van der Waals surface area contributed by atoms with Crippen molar-refractivity contribution in [3.8, 4) is 0 Å². The molecule has 0 fully saturated rings. The van der Waals surface area contributed by atoms with Gasteiger partial charge in [0.2, 0.25) is 10.0 Å². The number of aryl methyl sites for hydroxylation is 2. The van der Waals surface area contributed by atoms with Crippen LogP contribution in [0.5, 0.6) is 0 Å². The van der Waals surface area contributed by atoms with Crippen molar-refractivity contribution in [3.63, 3.8) is 0 Å². The summed E-state index contributed by atoms with van der Waals surface area (Å²) >= 11 is 6.51. The highest BCUT2D eigenvalue weighted by Crippen LogP contribution is 2.31. The number of nitrogens with one attached hydrogen (secondary N) is 1. The van der Waals surface area contributed by atoms with Gasteiger partial charge in [-0.2, -0.15) is 5.10 Å². The van der Waals surface area contributed by atoms with E-state index < -0.39 is 22.0 Å². The van der Waals surface area contributed by atoms with Gasteiger partial charge in [-0.3, -0.25) is 4.68 Å². The van der Waals surface area contributed by atoms with Crippen molar-refractivity contribution < 1.29 is 18.3 Å². The summed E-state index contributed by atoms with van der Waals surface area (Å²) in [5, 5.41) is 13.5. The number of carbonyl (C=O) groups is 1. The lowest BCUT2D eigenvalue weighted by Gasteiger charge is -2.15. The van der Waals surface area contributed by atoms with Crippen molar-refractivity contribution >= 4 is 38.9 Å². The Kier molecular flexibility index (Phi) is 5.38. The molecule has 2 N–H and O–H groups in total. The van der Waals surface area contributed by atoms with Gasteiger partial charge in [-0.05, 0) is 33.8 Å². The summed E-state index contributed by atoms with van der Waals surface area (Å²) in [6, 6.07) is 0.593. The molecule has 2 aromatic heterocycles. The predicted molar refractivity (Wildman–Crippen MR) is 92.4 cm³/mol. The Morgan fingerprint density at radius 2 is 2.12 bits per heavy atom. The van der Waals surface area contributed by atoms with E-state index in [4.69, 9.17) is 16.7 Å². The van der Waals surface area contributed by atoms with Crippen molar-refractivity contribution in [2.24, 2.45) is 0 Å². The number of nitrogens with zero attached hydrogens (tertiary/aromatic N) is 2. The van der Waals surface area contributed by atoms with E-state index in [9.17, 15) is 13.2 Å². The van der Waals surface area contributed by atoms with Gasteiger partial charge in [0.15, 0.2) is 0 Å².